The van der Waals surface area contributed by atoms with Gasteiger partial charge in [-0.3, -0.25) is 0 Å². The molecule has 0 bridgehead atoms. The largest absolute Gasteiger partial charge is 0.577 e. The van der Waals surface area contributed by atoms with Crippen LogP contribution in [0, 0.1) is 0 Å². The maximum Gasteiger partial charge on any atom is 0.577 e. The lowest BCUT2D eigenvalue weighted by atomic mass is 10.9. The number of rotatable bonds is 13. The van der Waals surface area contributed by atoms with Crippen molar-refractivity contribution in [3.05, 3.63) is 0 Å². The van der Waals surface area contributed by atoms with Crippen molar-refractivity contribution in [3.8, 4) is 0 Å². The van der Waals surface area contributed by atoms with E-state index >= 15 is 0 Å². The second-order valence-electron chi connectivity index (χ2n) is 3.88. The second kappa shape index (κ2) is 17.5. The van der Waals surface area contributed by atoms with E-state index in [0.717, 1.165) is 6.04 Å². The highest BCUT2D eigenvalue weighted by Crippen LogP contribution is 2.14. The molecule has 0 atom stereocenters. The first kappa shape index (κ1) is 24.4. The maximum absolute atomic E-state index is 5.55. The Labute approximate surface area is 139 Å². The van der Waals surface area contributed by atoms with Gasteiger partial charge in [0.15, 0.2) is 0 Å². The number of hydrogen-bond donors (Lipinski definition) is 0. The quantitative estimate of drug-likeness (QED) is 0.473. The maximum atomic E-state index is 5.55. The minimum Gasteiger partial charge on any atom is -0.374 e. The van der Waals surface area contributed by atoms with Crippen LogP contribution in [0.2, 0.25) is 6.04 Å². The Hall–Kier alpha value is 0.194. The van der Waals surface area contributed by atoms with E-state index in [0.29, 0.717) is 39.6 Å². The summed E-state index contributed by atoms with van der Waals surface area (Å²) in [5, 5.41) is 0. The predicted octanol–water partition coefficient (Wildman–Crippen LogP) is 3.14. The molecule has 0 fully saturated rings. The lowest BCUT2D eigenvalue weighted by Gasteiger charge is -2.26. The highest BCUT2D eigenvalue weighted by Gasteiger charge is 2.37. The normalized spacial score (nSPS) is 11.5. The Morgan fingerprint density at radius 2 is 0.864 bits per heavy atom. The first-order valence-corrected chi connectivity index (χ1v) is 11.4. The highest BCUT2D eigenvalue weighted by molar-refractivity contribution is 6.60. The van der Waals surface area contributed by atoms with Gasteiger partial charge < -0.3 is 26.6 Å². The fourth-order valence-electron chi connectivity index (χ4n) is 1.57. The van der Waals surface area contributed by atoms with Gasteiger partial charge in [0.25, 0.3) is 0 Å². The topological polar surface area (TPSA) is 55.4 Å². The molecule has 0 saturated carbocycles. The molecule has 0 aromatic heterocycles. The third kappa shape index (κ3) is 12.7. The van der Waals surface area contributed by atoms with E-state index in [1.54, 1.807) is 0 Å². The molecule has 1 radical (unpaired) electrons. The van der Waals surface area contributed by atoms with Gasteiger partial charge in [-0.05, 0) is 41.5 Å². The molecular weight excluding hydrogens is 320 g/mol. The molecule has 0 saturated heterocycles. The van der Waals surface area contributed by atoms with E-state index in [2.05, 4.69) is 0 Å². The SMILES string of the molecule is CCO[Si](CC)(OCC)OCC.CCO[Si](OCC)OCC. The Balaban J connectivity index is 0. The molecule has 0 spiro atoms. The first-order valence-electron chi connectivity index (χ1n) is 8.26. The molecule has 8 heteroatoms. The molecule has 0 aromatic rings. The Bertz CT molecular complexity index is 190. The van der Waals surface area contributed by atoms with Crippen LogP contribution in [0.5, 0.6) is 0 Å². The smallest absolute Gasteiger partial charge is 0.374 e. The van der Waals surface area contributed by atoms with Gasteiger partial charge in [0.1, 0.15) is 0 Å². The predicted molar refractivity (Wildman–Crippen MR) is 91.7 cm³/mol. The van der Waals surface area contributed by atoms with E-state index in [-0.39, 0.29) is 0 Å². The van der Waals surface area contributed by atoms with Crippen molar-refractivity contribution in [1.82, 2.24) is 0 Å². The molecule has 0 aliphatic heterocycles. The summed E-state index contributed by atoms with van der Waals surface area (Å²) >= 11 is 0. The van der Waals surface area contributed by atoms with Gasteiger partial charge >= 0.3 is 18.3 Å². The molecule has 0 aromatic carbocycles. The lowest BCUT2D eigenvalue weighted by Crippen LogP contribution is -2.45. The van der Waals surface area contributed by atoms with E-state index in [9.17, 15) is 0 Å². The minimum absolute atomic E-state index is 0.661. The third-order valence-electron chi connectivity index (χ3n) is 2.31. The molecule has 0 heterocycles. The average Bonchev–Trinajstić information content (AvgIpc) is 2.49. The molecule has 6 nitrogen and oxygen atoms in total. The van der Waals surface area contributed by atoms with E-state index in [4.69, 9.17) is 26.6 Å². The Kier molecular flexibility index (Phi) is 19.5. The van der Waals surface area contributed by atoms with Crippen molar-refractivity contribution in [2.75, 3.05) is 39.6 Å². The Morgan fingerprint density at radius 3 is 1.05 bits per heavy atom. The molecule has 0 aliphatic rings. The average molecular weight is 356 g/mol. The molecule has 0 amide bonds. The summed E-state index contributed by atoms with van der Waals surface area (Å²) in [5.41, 5.74) is 0. The van der Waals surface area contributed by atoms with Crippen LogP contribution in [0.4, 0.5) is 0 Å². The van der Waals surface area contributed by atoms with Crippen molar-refractivity contribution in [2.45, 2.75) is 54.5 Å². The van der Waals surface area contributed by atoms with Crippen LogP contribution in [-0.4, -0.2) is 58.0 Å². The first-order chi connectivity index (χ1) is 10.6. The molecule has 22 heavy (non-hydrogen) atoms. The molecule has 0 N–H and O–H groups in total. The van der Waals surface area contributed by atoms with E-state index in [1.165, 1.54) is 0 Å². The summed E-state index contributed by atoms with van der Waals surface area (Å²) < 4.78 is 32.2. The fourth-order valence-corrected chi connectivity index (χ4v) is 4.71. The molecule has 0 aliphatic carbocycles. The van der Waals surface area contributed by atoms with E-state index < -0.39 is 18.3 Å². The zero-order valence-corrected chi connectivity index (χ0v) is 17.4. The Morgan fingerprint density at radius 1 is 0.545 bits per heavy atom. The highest BCUT2D eigenvalue weighted by atomic mass is 28.4. The van der Waals surface area contributed by atoms with E-state index in [1.807, 2.05) is 48.5 Å². The van der Waals surface area contributed by atoms with Gasteiger partial charge in [0.05, 0.1) is 0 Å². The summed E-state index contributed by atoms with van der Waals surface area (Å²) in [4.78, 5) is 0. The van der Waals surface area contributed by atoms with Gasteiger partial charge in [-0.2, -0.15) is 0 Å². The van der Waals surface area contributed by atoms with Crippen LogP contribution in [0.3, 0.4) is 0 Å². The van der Waals surface area contributed by atoms with Crippen molar-refractivity contribution < 1.29 is 26.6 Å². The van der Waals surface area contributed by atoms with Crippen molar-refractivity contribution in [3.63, 3.8) is 0 Å². The van der Waals surface area contributed by atoms with Crippen LogP contribution in [-0.2, 0) is 26.6 Å². The zero-order valence-electron chi connectivity index (χ0n) is 15.4. The lowest BCUT2D eigenvalue weighted by molar-refractivity contribution is 0.0725. The molecule has 0 rings (SSSR count). The van der Waals surface area contributed by atoms with Crippen molar-refractivity contribution >= 4 is 18.3 Å². The van der Waals surface area contributed by atoms with Gasteiger partial charge in [0.2, 0.25) is 0 Å². The summed E-state index contributed by atoms with van der Waals surface area (Å²) in [6, 6.07) is 0.850. The second-order valence-corrected chi connectivity index (χ2v) is 8.19. The summed E-state index contributed by atoms with van der Waals surface area (Å²) in [6.07, 6.45) is 0. The van der Waals surface area contributed by atoms with Crippen molar-refractivity contribution in [1.29, 1.82) is 0 Å². The molecular formula is C14H35O6Si2. The van der Waals surface area contributed by atoms with Gasteiger partial charge in [-0.15, -0.1) is 0 Å². The van der Waals surface area contributed by atoms with Gasteiger partial charge in [0, 0.05) is 45.7 Å². The van der Waals surface area contributed by atoms with Crippen LogP contribution < -0.4 is 0 Å². The molecule has 135 valence electrons. The zero-order chi connectivity index (χ0) is 17.3. The summed E-state index contributed by atoms with van der Waals surface area (Å²) in [6.45, 7) is 17.7. The van der Waals surface area contributed by atoms with Crippen LogP contribution in [0.1, 0.15) is 48.5 Å². The number of hydrogen-bond acceptors (Lipinski definition) is 6. The van der Waals surface area contributed by atoms with Gasteiger partial charge in [-0.1, -0.05) is 6.92 Å². The standard InChI is InChI=1S/C8H20O3Si.C6H15O3Si/c1-5-9-12(8-4,10-6-2)11-7-3;1-4-7-10(8-5-2)9-6-3/h5-8H2,1-4H3;4-6H2,1-3H3. The third-order valence-corrected chi connectivity index (χ3v) is 6.94. The van der Waals surface area contributed by atoms with Gasteiger partial charge in [-0.25, -0.2) is 0 Å². The minimum atomic E-state index is -2.27. The summed E-state index contributed by atoms with van der Waals surface area (Å²) in [5.74, 6) is 0. The van der Waals surface area contributed by atoms with Crippen LogP contribution >= 0.6 is 0 Å². The van der Waals surface area contributed by atoms with Crippen molar-refractivity contribution in [2.24, 2.45) is 0 Å². The molecule has 0 unspecified atom stereocenters. The monoisotopic (exact) mass is 355 g/mol. The fraction of sp³-hybridized carbons (Fsp3) is 1.00. The van der Waals surface area contributed by atoms with Crippen LogP contribution in [0.25, 0.3) is 0 Å². The van der Waals surface area contributed by atoms with Crippen LogP contribution in [0.15, 0.2) is 0 Å². The summed E-state index contributed by atoms with van der Waals surface area (Å²) in [7, 11) is -3.67.